The zero-order valence-electron chi connectivity index (χ0n) is 9.59. The molecule has 0 fully saturated rings. The van der Waals surface area contributed by atoms with Crippen molar-refractivity contribution in [2.75, 3.05) is 6.54 Å². The van der Waals surface area contributed by atoms with E-state index in [1.165, 1.54) is 12.1 Å². The fraction of sp³-hybridized carbons (Fsp3) is 0.0833. The SMILES string of the molecule is C=CCNC(=S)N/N=C/c1ccc(C(=O)O)cc1. The van der Waals surface area contributed by atoms with E-state index in [9.17, 15) is 4.79 Å². The van der Waals surface area contributed by atoms with E-state index in [-0.39, 0.29) is 5.56 Å². The molecule has 0 aliphatic heterocycles. The molecule has 0 atom stereocenters. The third kappa shape index (κ3) is 4.75. The number of hydrazone groups is 1. The minimum absolute atomic E-state index is 0.239. The maximum Gasteiger partial charge on any atom is 0.335 e. The first-order valence-electron chi connectivity index (χ1n) is 5.14. The molecule has 0 radical (unpaired) electrons. The van der Waals surface area contributed by atoms with Crippen LogP contribution >= 0.6 is 12.2 Å². The first kappa shape index (κ1) is 13.9. The zero-order chi connectivity index (χ0) is 13.4. The Bertz CT molecular complexity index is 469. The molecule has 1 rings (SSSR count). The molecule has 0 aromatic heterocycles. The predicted octanol–water partition coefficient (Wildman–Crippen LogP) is 1.37. The van der Waals surface area contributed by atoms with Gasteiger partial charge in [-0.25, -0.2) is 4.79 Å². The molecular formula is C12H13N3O2S. The molecule has 6 heteroatoms. The second-order valence-electron chi connectivity index (χ2n) is 3.30. The summed E-state index contributed by atoms with van der Waals surface area (Å²) in [6, 6.07) is 6.35. The highest BCUT2D eigenvalue weighted by Gasteiger charge is 2.00. The highest BCUT2D eigenvalue weighted by Crippen LogP contribution is 2.01. The summed E-state index contributed by atoms with van der Waals surface area (Å²) in [5, 5.41) is 15.9. The van der Waals surface area contributed by atoms with E-state index < -0.39 is 5.97 Å². The monoisotopic (exact) mass is 263 g/mol. The summed E-state index contributed by atoms with van der Waals surface area (Å²) in [5.41, 5.74) is 3.65. The van der Waals surface area contributed by atoms with Crippen molar-refractivity contribution in [3.8, 4) is 0 Å². The number of carbonyl (C=O) groups is 1. The Labute approximate surface area is 110 Å². The Morgan fingerprint density at radius 1 is 1.44 bits per heavy atom. The van der Waals surface area contributed by atoms with Gasteiger partial charge in [0.2, 0.25) is 0 Å². The van der Waals surface area contributed by atoms with E-state index in [4.69, 9.17) is 17.3 Å². The number of nitrogens with one attached hydrogen (secondary N) is 2. The average Bonchev–Trinajstić information content (AvgIpc) is 2.37. The van der Waals surface area contributed by atoms with Crippen LogP contribution in [0.15, 0.2) is 42.0 Å². The van der Waals surface area contributed by atoms with Crippen LogP contribution in [0.1, 0.15) is 15.9 Å². The standard InChI is InChI=1S/C12H13N3O2S/c1-2-7-13-12(18)15-14-8-9-3-5-10(6-4-9)11(16)17/h2-6,8H,1,7H2,(H,16,17)(H2,13,15,18)/b14-8+. The van der Waals surface area contributed by atoms with Gasteiger partial charge in [-0.2, -0.15) is 5.10 Å². The Balaban J connectivity index is 2.49. The van der Waals surface area contributed by atoms with Crippen molar-refractivity contribution in [1.29, 1.82) is 0 Å². The van der Waals surface area contributed by atoms with E-state index >= 15 is 0 Å². The molecule has 0 amide bonds. The van der Waals surface area contributed by atoms with Crippen molar-refractivity contribution in [2.45, 2.75) is 0 Å². The van der Waals surface area contributed by atoms with E-state index in [1.807, 2.05) is 0 Å². The molecule has 0 saturated carbocycles. The fourth-order valence-electron chi connectivity index (χ4n) is 1.08. The number of benzene rings is 1. The lowest BCUT2D eigenvalue weighted by molar-refractivity contribution is 0.0697. The minimum Gasteiger partial charge on any atom is -0.478 e. The van der Waals surface area contributed by atoms with Crippen LogP contribution in [0.25, 0.3) is 0 Å². The lowest BCUT2D eigenvalue weighted by Crippen LogP contribution is -2.31. The van der Waals surface area contributed by atoms with Gasteiger partial charge < -0.3 is 10.4 Å². The molecule has 1 aromatic carbocycles. The molecule has 0 saturated heterocycles. The third-order valence-corrected chi connectivity index (χ3v) is 2.18. The maximum atomic E-state index is 10.6. The quantitative estimate of drug-likeness (QED) is 0.324. The van der Waals surface area contributed by atoms with Gasteiger partial charge in [-0.1, -0.05) is 18.2 Å². The minimum atomic E-state index is -0.952. The summed E-state index contributed by atoms with van der Waals surface area (Å²) in [7, 11) is 0. The number of thiocarbonyl (C=S) groups is 1. The Hall–Kier alpha value is -2.21. The van der Waals surface area contributed by atoms with Gasteiger partial charge in [0.1, 0.15) is 0 Å². The van der Waals surface area contributed by atoms with Gasteiger partial charge in [-0.15, -0.1) is 6.58 Å². The van der Waals surface area contributed by atoms with Gasteiger partial charge >= 0.3 is 5.97 Å². The molecule has 0 aliphatic carbocycles. The lowest BCUT2D eigenvalue weighted by Gasteiger charge is -2.03. The molecule has 1 aromatic rings. The van der Waals surface area contributed by atoms with Crippen molar-refractivity contribution in [3.05, 3.63) is 48.0 Å². The summed E-state index contributed by atoms with van der Waals surface area (Å²) in [6.45, 7) is 4.11. The topological polar surface area (TPSA) is 73.7 Å². The average molecular weight is 263 g/mol. The van der Waals surface area contributed by atoms with Crippen molar-refractivity contribution < 1.29 is 9.90 Å². The fourth-order valence-corrected chi connectivity index (χ4v) is 1.22. The van der Waals surface area contributed by atoms with Crippen LogP contribution in [0, 0.1) is 0 Å². The van der Waals surface area contributed by atoms with Gasteiger partial charge in [-0.3, -0.25) is 5.43 Å². The Kier molecular flexibility index (Phi) is 5.53. The molecule has 5 nitrogen and oxygen atoms in total. The molecule has 0 bridgehead atoms. The summed E-state index contributed by atoms with van der Waals surface area (Å²) in [5.74, 6) is -0.952. The second-order valence-corrected chi connectivity index (χ2v) is 3.70. The number of rotatable bonds is 5. The van der Waals surface area contributed by atoms with E-state index in [1.54, 1.807) is 24.4 Å². The number of nitrogens with zero attached hydrogens (tertiary/aromatic N) is 1. The summed E-state index contributed by atoms with van der Waals surface area (Å²) >= 11 is 4.93. The van der Waals surface area contributed by atoms with Crippen LogP contribution in [0.4, 0.5) is 0 Å². The number of aromatic carboxylic acids is 1. The molecule has 0 spiro atoms. The van der Waals surface area contributed by atoms with Crippen LogP contribution in [0.2, 0.25) is 0 Å². The van der Waals surface area contributed by atoms with Gasteiger partial charge in [0, 0.05) is 6.54 Å². The normalized spacial score (nSPS) is 10.0. The van der Waals surface area contributed by atoms with Gasteiger partial charge in [0.05, 0.1) is 11.8 Å². The van der Waals surface area contributed by atoms with Gasteiger partial charge in [-0.05, 0) is 29.9 Å². The molecule has 0 aliphatic rings. The number of carboxylic acid groups (broad SMARTS) is 1. The largest absolute Gasteiger partial charge is 0.478 e. The van der Waals surface area contributed by atoms with Crippen LogP contribution in [-0.4, -0.2) is 28.9 Å². The first-order valence-corrected chi connectivity index (χ1v) is 5.55. The molecular weight excluding hydrogens is 250 g/mol. The van der Waals surface area contributed by atoms with E-state index in [0.717, 1.165) is 5.56 Å². The third-order valence-electron chi connectivity index (χ3n) is 1.94. The van der Waals surface area contributed by atoms with Crippen molar-refractivity contribution in [1.82, 2.24) is 10.7 Å². The highest BCUT2D eigenvalue weighted by molar-refractivity contribution is 7.80. The summed E-state index contributed by atoms with van der Waals surface area (Å²) in [4.78, 5) is 10.6. The highest BCUT2D eigenvalue weighted by atomic mass is 32.1. The van der Waals surface area contributed by atoms with Crippen LogP contribution in [0.5, 0.6) is 0 Å². The molecule has 94 valence electrons. The number of carboxylic acids is 1. The molecule has 3 N–H and O–H groups in total. The van der Waals surface area contributed by atoms with Crippen LogP contribution in [0.3, 0.4) is 0 Å². The van der Waals surface area contributed by atoms with E-state index in [2.05, 4.69) is 22.4 Å². The van der Waals surface area contributed by atoms with Gasteiger partial charge in [0.15, 0.2) is 5.11 Å². The predicted molar refractivity (Wildman–Crippen MR) is 74.9 cm³/mol. The molecule has 18 heavy (non-hydrogen) atoms. The smallest absolute Gasteiger partial charge is 0.335 e. The van der Waals surface area contributed by atoms with Crippen molar-refractivity contribution in [2.24, 2.45) is 5.10 Å². The summed E-state index contributed by atoms with van der Waals surface area (Å²) < 4.78 is 0. The van der Waals surface area contributed by atoms with Gasteiger partial charge in [0.25, 0.3) is 0 Å². The number of hydrogen-bond acceptors (Lipinski definition) is 3. The number of hydrogen-bond donors (Lipinski definition) is 3. The van der Waals surface area contributed by atoms with Crippen molar-refractivity contribution in [3.63, 3.8) is 0 Å². The maximum absolute atomic E-state index is 10.6. The molecule has 0 unspecified atom stereocenters. The molecule has 0 heterocycles. The van der Waals surface area contributed by atoms with E-state index in [0.29, 0.717) is 11.7 Å². The Morgan fingerprint density at radius 2 is 2.11 bits per heavy atom. The Morgan fingerprint density at radius 3 is 2.67 bits per heavy atom. The van der Waals surface area contributed by atoms with Crippen LogP contribution in [-0.2, 0) is 0 Å². The van der Waals surface area contributed by atoms with Crippen molar-refractivity contribution >= 4 is 29.5 Å². The summed E-state index contributed by atoms with van der Waals surface area (Å²) in [6.07, 6.45) is 3.23. The van der Waals surface area contributed by atoms with Crippen LogP contribution < -0.4 is 10.7 Å². The lowest BCUT2D eigenvalue weighted by atomic mass is 10.1. The zero-order valence-corrected chi connectivity index (χ0v) is 10.4. The first-order chi connectivity index (χ1) is 8.63. The second kappa shape index (κ2) is 7.18.